The molecule has 0 saturated heterocycles. The van der Waals surface area contributed by atoms with Crippen molar-refractivity contribution in [3.63, 3.8) is 0 Å². The number of halogens is 2. The van der Waals surface area contributed by atoms with Gasteiger partial charge < -0.3 is 0 Å². The summed E-state index contributed by atoms with van der Waals surface area (Å²) in [4.78, 5) is -0.0772. The number of benzene rings is 1. The maximum absolute atomic E-state index is 11.3. The van der Waals surface area contributed by atoms with Gasteiger partial charge in [-0.25, -0.2) is 8.42 Å². The minimum atomic E-state index is -3.87. The van der Waals surface area contributed by atoms with E-state index >= 15 is 0 Å². The van der Waals surface area contributed by atoms with Crippen LogP contribution in [0.2, 0.25) is 0 Å². The molecule has 15 heavy (non-hydrogen) atoms. The number of aryl methyl sites for hydroxylation is 1. The summed E-state index contributed by atoms with van der Waals surface area (Å²) in [5, 5.41) is 8.79. The lowest BCUT2D eigenvalue weighted by atomic mass is 10.1. The monoisotopic (exact) mass is 355 g/mol. The largest absolute Gasteiger partial charge is 0.263 e. The Bertz CT molecular complexity index is 534. The molecule has 1 aromatic rings. The molecular weight excluding hydrogens is 349 g/mol. The van der Waals surface area contributed by atoms with Crippen LogP contribution in [-0.2, 0) is 15.5 Å². The first-order valence-corrected chi connectivity index (χ1v) is 7.46. The molecule has 80 valence electrons. The lowest BCUT2D eigenvalue weighted by molar-refractivity contribution is 0.608. The fourth-order valence-corrected chi connectivity index (χ4v) is 4.51. The van der Waals surface area contributed by atoms with Gasteiger partial charge in [-0.2, -0.15) is 5.26 Å². The Hall–Kier alpha value is -0.320. The van der Waals surface area contributed by atoms with E-state index in [1.54, 1.807) is 6.07 Å². The molecule has 0 aromatic heterocycles. The molecule has 0 N–H and O–H groups in total. The number of rotatable bonds is 2. The molecule has 0 spiro atoms. The molecule has 0 amide bonds. The van der Waals surface area contributed by atoms with Crippen LogP contribution in [0.15, 0.2) is 17.0 Å². The van der Waals surface area contributed by atoms with Crippen molar-refractivity contribution in [2.75, 3.05) is 0 Å². The zero-order valence-corrected chi connectivity index (χ0v) is 11.5. The molecule has 0 bridgehead atoms. The summed E-state index contributed by atoms with van der Waals surface area (Å²) in [6, 6.07) is 5.05. The summed E-state index contributed by atoms with van der Waals surface area (Å²) in [6.45, 7) is 1.91. The third-order valence-corrected chi connectivity index (χ3v) is 4.90. The van der Waals surface area contributed by atoms with E-state index in [4.69, 9.17) is 15.9 Å². The SMILES string of the molecule is CCc1ccc(C#N)c(S(=O)(=O)Cl)c1I. The van der Waals surface area contributed by atoms with Crippen molar-refractivity contribution in [2.24, 2.45) is 0 Å². The van der Waals surface area contributed by atoms with E-state index in [-0.39, 0.29) is 10.5 Å². The van der Waals surface area contributed by atoms with Crippen LogP contribution < -0.4 is 0 Å². The van der Waals surface area contributed by atoms with Crippen LogP contribution >= 0.6 is 33.3 Å². The molecule has 0 atom stereocenters. The second-order valence-electron chi connectivity index (χ2n) is 2.82. The lowest BCUT2D eigenvalue weighted by Gasteiger charge is -2.07. The molecule has 1 rings (SSSR count). The summed E-state index contributed by atoms with van der Waals surface area (Å²) in [7, 11) is 1.43. The van der Waals surface area contributed by atoms with Crippen molar-refractivity contribution in [3.05, 3.63) is 26.8 Å². The molecule has 0 unspecified atom stereocenters. The normalized spacial score (nSPS) is 11.1. The summed E-state index contributed by atoms with van der Waals surface area (Å²) in [6.07, 6.45) is 0.698. The average molecular weight is 356 g/mol. The summed E-state index contributed by atoms with van der Waals surface area (Å²) >= 11 is 1.90. The van der Waals surface area contributed by atoms with Gasteiger partial charge in [-0.1, -0.05) is 13.0 Å². The first kappa shape index (κ1) is 12.7. The van der Waals surface area contributed by atoms with Crippen molar-refractivity contribution in [1.82, 2.24) is 0 Å². The zero-order valence-electron chi connectivity index (χ0n) is 7.79. The molecule has 0 heterocycles. The van der Waals surface area contributed by atoms with Crippen LogP contribution in [0.3, 0.4) is 0 Å². The number of hydrogen-bond acceptors (Lipinski definition) is 3. The van der Waals surface area contributed by atoms with Crippen molar-refractivity contribution < 1.29 is 8.42 Å². The highest BCUT2D eigenvalue weighted by Gasteiger charge is 2.21. The topological polar surface area (TPSA) is 57.9 Å². The van der Waals surface area contributed by atoms with E-state index in [2.05, 4.69) is 0 Å². The van der Waals surface area contributed by atoms with Gasteiger partial charge in [-0.05, 0) is 40.6 Å². The highest BCUT2D eigenvalue weighted by Crippen LogP contribution is 2.28. The highest BCUT2D eigenvalue weighted by atomic mass is 127. The fraction of sp³-hybridized carbons (Fsp3) is 0.222. The van der Waals surface area contributed by atoms with E-state index in [0.29, 0.717) is 9.99 Å². The minimum Gasteiger partial charge on any atom is -0.207 e. The van der Waals surface area contributed by atoms with Gasteiger partial charge >= 0.3 is 0 Å². The van der Waals surface area contributed by atoms with Gasteiger partial charge in [0, 0.05) is 14.3 Å². The van der Waals surface area contributed by atoms with Crippen LogP contribution in [0.1, 0.15) is 18.1 Å². The first-order valence-electron chi connectivity index (χ1n) is 4.08. The van der Waals surface area contributed by atoms with Gasteiger partial charge in [-0.15, -0.1) is 0 Å². The second-order valence-corrected chi connectivity index (χ2v) is 6.40. The van der Waals surface area contributed by atoms with Crippen LogP contribution in [0.4, 0.5) is 0 Å². The third-order valence-electron chi connectivity index (χ3n) is 1.92. The van der Waals surface area contributed by atoms with E-state index in [9.17, 15) is 8.42 Å². The van der Waals surface area contributed by atoms with Crippen molar-refractivity contribution in [3.8, 4) is 6.07 Å². The van der Waals surface area contributed by atoms with Crippen molar-refractivity contribution in [2.45, 2.75) is 18.2 Å². The quantitative estimate of drug-likeness (QED) is 0.605. The maximum Gasteiger partial charge on any atom is 0.263 e. The van der Waals surface area contributed by atoms with Gasteiger partial charge in [-0.3, -0.25) is 0 Å². The van der Waals surface area contributed by atoms with Crippen LogP contribution in [0, 0.1) is 14.9 Å². The third kappa shape index (κ3) is 2.62. The average Bonchev–Trinajstić information content (AvgIpc) is 2.15. The molecular formula is C9H7ClINO2S. The van der Waals surface area contributed by atoms with Gasteiger partial charge in [0.05, 0.1) is 5.56 Å². The number of hydrogen-bond donors (Lipinski definition) is 0. The molecule has 3 nitrogen and oxygen atoms in total. The zero-order chi connectivity index (χ0) is 11.6. The van der Waals surface area contributed by atoms with E-state index < -0.39 is 9.05 Å². The Kier molecular flexibility index (Phi) is 3.98. The molecule has 0 radical (unpaired) electrons. The van der Waals surface area contributed by atoms with Crippen molar-refractivity contribution in [1.29, 1.82) is 5.26 Å². The molecule has 0 fully saturated rings. The Morgan fingerprint density at radius 3 is 2.53 bits per heavy atom. The molecule has 6 heteroatoms. The minimum absolute atomic E-state index is 0.0772. The highest BCUT2D eigenvalue weighted by molar-refractivity contribution is 14.1. The summed E-state index contributed by atoms with van der Waals surface area (Å²) < 4.78 is 23.2. The van der Waals surface area contributed by atoms with Crippen molar-refractivity contribution >= 4 is 42.3 Å². The van der Waals surface area contributed by atoms with Gasteiger partial charge in [0.1, 0.15) is 11.0 Å². The van der Waals surface area contributed by atoms with Gasteiger partial charge in [0.2, 0.25) is 0 Å². The molecule has 1 aromatic carbocycles. The molecule has 0 aliphatic rings. The van der Waals surface area contributed by atoms with Crippen LogP contribution in [0.25, 0.3) is 0 Å². The fourth-order valence-electron chi connectivity index (χ4n) is 1.20. The smallest absolute Gasteiger partial charge is 0.207 e. The number of nitriles is 1. The predicted molar refractivity (Wildman–Crippen MR) is 66.3 cm³/mol. The Balaban J connectivity index is 3.67. The molecule has 0 saturated carbocycles. The van der Waals surface area contributed by atoms with Crippen LogP contribution in [-0.4, -0.2) is 8.42 Å². The van der Waals surface area contributed by atoms with Gasteiger partial charge in [0.15, 0.2) is 0 Å². The van der Waals surface area contributed by atoms with Crippen LogP contribution in [0.5, 0.6) is 0 Å². The van der Waals surface area contributed by atoms with Gasteiger partial charge in [0.25, 0.3) is 9.05 Å². The van der Waals surface area contributed by atoms with E-state index in [1.165, 1.54) is 6.07 Å². The molecule has 0 aliphatic carbocycles. The van der Waals surface area contributed by atoms with E-state index in [0.717, 1.165) is 5.56 Å². The first-order chi connectivity index (χ1) is 6.91. The Labute approximate surface area is 107 Å². The lowest BCUT2D eigenvalue weighted by Crippen LogP contribution is -2.02. The number of nitrogens with zero attached hydrogens (tertiary/aromatic N) is 1. The van der Waals surface area contributed by atoms with E-state index in [1.807, 2.05) is 35.6 Å². The summed E-state index contributed by atoms with van der Waals surface area (Å²) in [5.74, 6) is 0. The second kappa shape index (κ2) is 4.68. The summed E-state index contributed by atoms with van der Waals surface area (Å²) in [5.41, 5.74) is 0.959. The predicted octanol–water partition coefficient (Wildman–Crippen LogP) is 2.65. The Morgan fingerprint density at radius 2 is 2.13 bits per heavy atom. The Morgan fingerprint density at radius 1 is 1.53 bits per heavy atom. The maximum atomic E-state index is 11.3. The molecule has 0 aliphatic heterocycles. The standard InChI is InChI=1S/C9H7ClINO2S/c1-2-6-3-4-7(5-12)9(8(6)11)15(10,13)14/h3-4H,2H2,1H3.